The highest BCUT2D eigenvalue weighted by Crippen LogP contribution is 2.40. The van der Waals surface area contributed by atoms with Gasteiger partial charge in [0.1, 0.15) is 0 Å². The van der Waals surface area contributed by atoms with E-state index in [0.29, 0.717) is 5.92 Å². The summed E-state index contributed by atoms with van der Waals surface area (Å²) in [6, 6.07) is 66.1. The van der Waals surface area contributed by atoms with E-state index in [-0.39, 0.29) is 0 Å². The molecule has 0 bridgehead atoms. The van der Waals surface area contributed by atoms with Crippen molar-refractivity contribution in [2.75, 3.05) is 4.90 Å². The summed E-state index contributed by atoms with van der Waals surface area (Å²) in [6.07, 6.45) is 6.01. The molecule has 0 saturated heterocycles. The number of para-hydroxylation sites is 3. The topological polar surface area (TPSA) is 8.17 Å². The minimum Gasteiger partial charge on any atom is -0.310 e. The molecule has 1 aromatic heterocycles. The third-order valence-electron chi connectivity index (χ3n) is 10.9. The Labute approximate surface area is 309 Å². The summed E-state index contributed by atoms with van der Waals surface area (Å²) in [6.45, 7) is 2.33. The summed E-state index contributed by atoms with van der Waals surface area (Å²) in [5.41, 5.74) is 12.1. The van der Waals surface area contributed by atoms with E-state index in [0.717, 1.165) is 29.2 Å². The van der Waals surface area contributed by atoms with E-state index >= 15 is 0 Å². The maximum atomic E-state index is 2.49. The first-order valence-corrected chi connectivity index (χ1v) is 18.6. The molecule has 1 heterocycles. The van der Waals surface area contributed by atoms with Gasteiger partial charge in [-0.25, -0.2) is 0 Å². The molecule has 0 saturated carbocycles. The smallest absolute Gasteiger partial charge is 0.0542 e. The summed E-state index contributed by atoms with van der Waals surface area (Å²) in [7, 11) is 0. The zero-order valence-corrected chi connectivity index (χ0v) is 29.7. The summed E-state index contributed by atoms with van der Waals surface area (Å²) in [5.74, 6) is 0.490. The van der Waals surface area contributed by atoms with Crippen molar-refractivity contribution in [3.63, 3.8) is 0 Å². The Balaban J connectivity index is 1.14. The van der Waals surface area contributed by atoms with Gasteiger partial charge in [-0.05, 0) is 116 Å². The van der Waals surface area contributed by atoms with Crippen molar-refractivity contribution in [1.82, 2.24) is 4.57 Å². The van der Waals surface area contributed by atoms with Crippen LogP contribution in [0.15, 0.2) is 182 Å². The molecule has 8 aromatic carbocycles. The molecule has 0 fully saturated rings. The quantitative estimate of drug-likeness (QED) is 0.170. The SMILES string of the molecule is CC1C=c2c(-c3ccccc3)c3ccccc3c(-c3ccc(-n4c5ccccc5c5cc(N(c6ccccc6)c6ccccc6)ccc54)cc3)c2=CC1. The third-order valence-corrected chi connectivity index (χ3v) is 10.9. The lowest BCUT2D eigenvalue weighted by atomic mass is 9.84. The van der Waals surface area contributed by atoms with E-state index in [1.54, 1.807) is 0 Å². The second-order valence-electron chi connectivity index (χ2n) is 14.2. The number of rotatable bonds is 6. The molecule has 1 aliphatic carbocycles. The second-order valence-corrected chi connectivity index (χ2v) is 14.2. The molecule has 1 aliphatic rings. The zero-order chi connectivity index (χ0) is 35.3. The van der Waals surface area contributed by atoms with Crippen LogP contribution in [-0.4, -0.2) is 4.57 Å². The molecule has 1 unspecified atom stereocenters. The Morgan fingerprint density at radius 2 is 0.981 bits per heavy atom. The van der Waals surface area contributed by atoms with Crippen molar-refractivity contribution in [3.05, 3.63) is 192 Å². The average molecular weight is 679 g/mol. The number of anilines is 3. The lowest BCUT2D eigenvalue weighted by molar-refractivity contribution is 0.801. The van der Waals surface area contributed by atoms with Gasteiger partial charge in [-0.1, -0.05) is 140 Å². The normalized spacial score (nSPS) is 13.8. The van der Waals surface area contributed by atoms with E-state index in [2.05, 4.69) is 211 Å². The molecule has 0 spiro atoms. The molecule has 53 heavy (non-hydrogen) atoms. The molecule has 2 heteroatoms. The summed E-state index contributed by atoms with van der Waals surface area (Å²) < 4.78 is 2.42. The highest BCUT2D eigenvalue weighted by molar-refractivity contribution is 6.11. The van der Waals surface area contributed by atoms with Gasteiger partial charge in [0, 0.05) is 33.5 Å². The molecule has 0 N–H and O–H groups in total. The first kappa shape index (κ1) is 31.1. The second kappa shape index (κ2) is 12.8. The van der Waals surface area contributed by atoms with E-state index in [4.69, 9.17) is 0 Å². The van der Waals surface area contributed by atoms with Crippen LogP contribution in [0.4, 0.5) is 17.1 Å². The van der Waals surface area contributed by atoms with Crippen molar-refractivity contribution in [1.29, 1.82) is 0 Å². The van der Waals surface area contributed by atoms with Crippen LogP contribution in [-0.2, 0) is 0 Å². The van der Waals surface area contributed by atoms with E-state index in [9.17, 15) is 0 Å². The average Bonchev–Trinajstić information content (AvgIpc) is 3.55. The molecule has 0 radical (unpaired) electrons. The van der Waals surface area contributed by atoms with Crippen LogP contribution in [0.1, 0.15) is 13.3 Å². The maximum Gasteiger partial charge on any atom is 0.0542 e. The first-order valence-electron chi connectivity index (χ1n) is 18.6. The molecule has 0 aliphatic heterocycles. The van der Waals surface area contributed by atoms with Crippen LogP contribution in [0.2, 0.25) is 0 Å². The zero-order valence-electron chi connectivity index (χ0n) is 29.7. The number of aromatic nitrogens is 1. The van der Waals surface area contributed by atoms with Gasteiger partial charge in [-0.15, -0.1) is 0 Å². The molecular formula is C51H38N2. The molecular weight excluding hydrogens is 641 g/mol. The lowest BCUT2D eigenvalue weighted by Gasteiger charge is -2.25. The number of benzene rings is 8. The molecule has 252 valence electrons. The molecule has 0 amide bonds. The van der Waals surface area contributed by atoms with E-state index in [1.807, 2.05) is 0 Å². The lowest BCUT2D eigenvalue weighted by Crippen LogP contribution is -2.33. The van der Waals surface area contributed by atoms with Gasteiger partial charge in [0.25, 0.3) is 0 Å². The van der Waals surface area contributed by atoms with Gasteiger partial charge in [0.15, 0.2) is 0 Å². The van der Waals surface area contributed by atoms with Crippen molar-refractivity contribution in [2.45, 2.75) is 13.3 Å². The van der Waals surface area contributed by atoms with Gasteiger partial charge in [-0.3, -0.25) is 0 Å². The number of hydrogen-bond acceptors (Lipinski definition) is 1. The predicted octanol–water partition coefficient (Wildman–Crippen LogP) is 12.3. The predicted molar refractivity (Wildman–Crippen MR) is 226 cm³/mol. The summed E-state index contributed by atoms with van der Waals surface area (Å²) in [5, 5.41) is 7.77. The summed E-state index contributed by atoms with van der Waals surface area (Å²) >= 11 is 0. The van der Waals surface area contributed by atoms with Gasteiger partial charge in [0.05, 0.1) is 11.0 Å². The number of fused-ring (bicyclic) bond motifs is 5. The first-order chi connectivity index (χ1) is 26.2. The van der Waals surface area contributed by atoms with Gasteiger partial charge < -0.3 is 9.47 Å². The highest BCUT2D eigenvalue weighted by Gasteiger charge is 2.19. The maximum absolute atomic E-state index is 2.49. The minimum atomic E-state index is 0.490. The third kappa shape index (κ3) is 5.26. The van der Waals surface area contributed by atoms with Crippen molar-refractivity contribution < 1.29 is 0 Å². The Bertz CT molecular complexity index is 2870. The Morgan fingerprint density at radius 1 is 0.453 bits per heavy atom. The Morgan fingerprint density at radius 3 is 1.64 bits per heavy atom. The number of nitrogens with zero attached hydrogens (tertiary/aromatic N) is 2. The van der Waals surface area contributed by atoms with Crippen LogP contribution in [0.3, 0.4) is 0 Å². The van der Waals surface area contributed by atoms with Gasteiger partial charge >= 0.3 is 0 Å². The van der Waals surface area contributed by atoms with Crippen LogP contribution < -0.4 is 15.3 Å². The van der Waals surface area contributed by atoms with E-state index in [1.165, 1.54) is 65.3 Å². The van der Waals surface area contributed by atoms with Crippen LogP contribution in [0, 0.1) is 5.92 Å². The Kier molecular flexibility index (Phi) is 7.54. The standard InChI is InChI=1S/C51H38N2/c1-35-25-31-45-47(33-35)51(36-15-5-2-6-16-36)44-23-12-11-22-43(44)50(45)37-26-28-40(29-27-37)53-48-24-14-13-21-42(48)46-34-41(30-32-49(46)53)52(38-17-7-3-8-18-38)39-19-9-4-10-20-39/h2-24,26-35H,25H2,1H3. The largest absolute Gasteiger partial charge is 0.310 e. The monoisotopic (exact) mass is 678 g/mol. The fourth-order valence-corrected chi connectivity index (χ4v) is 8.50. The van der Waals surface area contributed by atoms with E-state index < -0.39 is 0 Å². The van der Waals surface area contributed by atoms with Gasteiger partial charge in [-0.2, -0.15) is 0 Å². The molecule has 1 atom stereocenters. The van der Waals surface area contributed by atoms with Crippen molar-refractivity contribution >= 4 is 61.8 Å². The van der Waals surface area contributed by atoms with Crippen LogP contribution in [0.25, 0.3) is 72.7 Å². The molecule has 10 rings (SSSR count). The fourth-order valence-electron chi connectivity index (χ4n) is 8.50. The fraction of sp³-hybridized carbons (Fsp3) is 0.0588. The Hall–Kier alpha value is -6.64. The highest BCUT2D eigenvalue weighted by atomic mass is 15.1. The van der Waals surface area contributed by atoms with Crippen molar-refractivity contribution in [3.8, 4) is 27.9 Å². The molecule has 9 aromatic rings. The van der Waals surface area contributed by atoms with Crippen LogP contribution >= 0.6 is 0 Å². The van der Waals surface area contributed by atoms with Gasteiger partial charge in [0.2, 0.25) is 0 Å². The minimum absolute atomic E-state index is 0.490. The number of hydrogen-bond donors (Lipinski definition) is 0. The van der Waals surface area contributed by atoms with Crippen molar-refractivity contribution in [2.24, 2.45) is 5.92 Å². The summed E-state index contributed by atoms with van der Waals surface area (Å²) in [4.78, 5) is 2.34. The van der Waals surface area contributed by atoms with Crippen LogP contribution in [0.5, 0.6) is 0 Å². The molecule has 2 nitrogen and oxygen atoms in total.